The molecule has 6 heteroatoms. The minimum atomic E-state index is -0.651. The molecule has 2 aromatic rings. The van der Waals surface area contributed by atoms with E-state index in [2.05, 4.69) is 5.32 Å². The van der Waals surface area contributed by atoms with Crippen molar-refractivity contribution in [2.45, 2.75) is 39.8 Å². The van der Waals surface area contributed by atoms with Crippen LogP contribution in [0.5, 0.6) is 0 Å². The summed E-state index contributed by atoms with van der Waals surface area (Å²) in [5.74, 6) is -0.406. The van der Waals surface area contributed by atoms with Crippen LogP contribution in [0.3, 0.4) is 0 Å². The zero-order valence-electron chi connectivity index (χ0n) is 16.0. The van der Waals surface area contributed by atoms with Crippen LogP contribution in [0.15, 0.2) is 36.4 Å². The van der Waals surface area contributed by atoms with Crippen molar-refractivity contribution >= 4 is 35.0 Å². The average Bonchev–Trinajstić information content (AvgIpc) is 2.63. The number of aryl methyl sites for hydroxylation is 2. The van der Waals surface area contributed by atoms with Gasteiger partial charge >= 0.3 is 0 Å². The number of nitrogens with one attached hydrogen (secondary N) is 1. The highest BCUT2D eigenvalue weighted by Gasteiger charge is 2.27. The van der Waals surface area contributed by atoms with Crippen molar-refractivity contribution in [1.82, 2.24) is 10.2 Å². The number of hydrogen-bond donors (Lipinski definition) is 1. The maximum absolute atomic E-state index is 13.1. The van der Waals surface area contributed by atoms with E-state index in [1.807, 2.05) is 32.0 Å². The van der Waals surface area contributed by atoms with E-state index in [0.29, 0.717) is 15.6 Å². The molecule has 0 saturated heterocycles. The Balaban J connectivity index is 2.32. The molecule has 27 heavy (non-hydrogen) atoms. The second-order valence-corrected chi connectivity index (χ2v) is 7.42. The van der Waals surface area contributed by atoms with Gasteiger partial charge in [0.25, 0.3) is 0 Å². The van der Waals surface area contributed by atoms with Gasteiger partial charge in [0, 0.05) is 29.2 Å². The van der Waals surface area contributed by atoms with Gasteiger partial charge in [-0.25, -0.2) is 0 Å². The van der Waals surface area contributed by atoms with Gasteiger partial charge in [0.05, 0.1) is 6.42 Å². The van der Waals surface area contributed by atoms with Gasteiger partial charge in [-0.3, -0.25) is 9.59 Å². The van der Waals surface area contributed by atoms with E-state index in [1.54, 1.807) is 32.2 Å². The molecule has 0 radical (unpaired) electrons. The number of amides is 2. The molecule has 2 amide bonds. The van der Waals surface area contributed by atoms with Crippen LogP contribution >= 0.6 is 23.2 Å². The highest BCUT2D eigenvalue weighted by atomic mass is 35.5. The van der Waals surface area contributed by atoms with E-state index in [9.17, 15) is 9.59 Å². The van der Waals surface area contributed by atoms with Crippen LogP contribution in [-0.4, -0.2) is 29.8 Å². The summed E-state index contributed by atoms with van der Waals surface area (Å²) in [6.07, 6.45) is 0.199. The van der Waals surface area contributed by atoms with Crippen LogP contribution in [0.25, 0.3) is 0 Å². The molecule has 0 saturated carbocycles. The Hall–Kier alpha value is -2.04. The summed E-state index contributed by atoms with van der Waals surface area (Å²) in [5, 5.41) is 3.53. The van der Waals surface area contributed by atoms with Gasteiger partial charge < -0.3 is 10.2 Å². The first-order valence-corrected chi connectivity index (χ1v) is 9.50. The smallest absolute Gasteiger partial charge is 0.242 e. The Morgan fingerprint density at radius 3 is 2.26 bits per heavy atom. The van der Waals surface area contributed by atoms with E-state index in [0.717, 1.165) is 11.1 Å². The van der Waals surface area contributed by atoms with Crippen molar-refractivity contribution in [3.05, 3.63) is 68.7 Å². The lowest BCUT2D eigenvalue weighted by atomic mass is 10.0. The minimum absolute atomic E-state index is 0.162. The molecule has 0 unspecified atom stereocenters. The first-order valence-electron chi connectivity index (χ1n) is 8.74. The number of halogens is 2. The fourth-order valence-corrected chi connectivity index (χ4v) is 3.35. The second kappa shape index (κ2) is 9.25. The predicted octanol–water partition coefficient (Wildman–Crippen LogP) is 4.32. The lowest BCUT2D eigenvalue weighted by Gasteiger charge is -2.29. The largest absolute Gasteiger partial charge is 0.357 e. The SMILES string of the molecule is CNC(=O)[C@H](C)N(Cc1c(Cl)cccc1Cl)C(=O)Cc1ccc(C)c(C)c1. The summed E-state index contributed by atoms with van der Waals surface area (Å²) in [5.41, 5.74) is 3.83. The lowest BCUT2D eigenvalue weighted by Crippen LogP contribution is -2.47. The first kappa shape index (κ1) is 21.3. The van der Waals surface area contributed by atoms with Crippen molar-refractivity contribution in [2.24, 2.45) is 0 Å². The van der Waals surface area contributed by atoms with Gasteiger partial charge in [-0.2, -0.15) is 0 Å². The molecule has 2 aromatic carbocycles. The van der Waals surface area contributed by atoms with Crippen molar-refractivity contribution in [2.75, 3.05) is 7.05 Å². The van der Waals surface area contributed by atoms with Crippen molar-refractivity contribution in [3.8, 4) is 0 Å². The molecule has 2 rings (SSSR count). The van der Waals surface area contributed by atoms with Crippen LogP contribution in [0, 0.1) is 13.8 Å². The van der Waals surface area contributed by atoms with Gasteiger partial charge in [0.15, 0.2) is 0 Å². The van der Waals surface area contributed by atoms with E-state index < -0.39 is 6.04 Å². The summed E-state index contributed by atoms with van der Waals surface area (Å²) in [4.78, 5) is 26.8. The van der Waals surface area contributed by atoms with Crippen molar-refractivity contribution in [1.29, 1.82) is 0 Å². The molecule has 0 aliphatic rings. The van der Waals surface area contributed by atoms with Crippen LogP contribution < -0.4 is 5.32 Å². The number of benzene rings is 2. The zero-order chi connectivity index (χ0) is 20.1. The Labute approximate surface area is 170 Å². The van der Waals surface area contributed by atoms with Gasteiger partial charge in [-0.15, -0.1) is 0 Å². The Bertz CT molecular complexity index is 832. The maximum Gasteiger partial charge on any atom is 0.242 e. The molecular weight excluding hydrogens is 383 g/mol. The van der Waals surface area contributed by atoms with Crippen molar-refractivity contribution < 1.29 is 9.59 Å². The molecule has 4 nitrogen and oxygen atoms in total. The highest BCUT2D eigenvalue weighted by molar-refractivity contribution is 6.36. The molecule has 0 heterocycles. The summed E-state index contributed by atoms with van der Waals surface area (Å²) >= 11 is 12.5. The number of nitrogens with zero attached hydrogens (tertiary/aromatic N) is 1. The van der Waals surface area contributed by atoms with Gasteiger partial charge in [0.1, 0.15) is 6.04 Å². The minimum Gasteiger partial charge on any atom is -0.357 e. The summed E-state index contributed by atoms with van der Waals surface area (Å²) in [7, 11) is 1.55. The van der Waals surface area contributed by atoms with Crippen LogP contribution in [-0.2, 0) is 22.6 Å². The number of carbonyl (C=O) groups excluding carboxylic acids is 2. The number of hydrogen-bond acceptors (Lipinski definition) is 2. The Morgan fingerprint density at radius 2 is 1.70 bits per heavy atom. The van der Waals surface area contributed by atoms with Gasteiger partial charge in [0.2, 0.25) is 11.8 Å². The van der Waals surface area contributed by atoms with E-state index in [1.165, 1.54) is 10.5 Å². The molecule has 0 aliphatic carbocycles. The topological polar surface area (TPSA) is 49.4 Å². The summed E-state index contributed by atoms with van der Waals surface area (Å²) in [6, 6.07) is 10.5. The lowest BCUT2D eigenvalue weighted by molar-refractivity contribution is -0.139. The zero-order valence-corrected chi connectivity index (χ0v) is 17.5. The molecule has 0 aliphatic heterocycles. The van der Waals surface area contributed by atoms with Crippen LogP contribution in [0.4, 0.5) is 0 Å². The number of carbonyl (C=O) groups is 2. The third-order valence-corrected chi connectivity index (χ3v) is 5.44. The molecule has 0 fully saturated rings. The Morgan fingerprint density at radius 1 is 1.07 bits per heavy atom. The average molecular weight is 407 g/mol. The fraction of sp³-hybridized carbons (Fsp3) is 0.333. The summed E-state index contributed by atoms with van der Waals surface area (Å²) in [6.45, 7) is 5.90. The third kappa shape index (κ3) is 5.24. The highest BCUT2D eigenvalue weighted by Crippen LogP contribution is 2.27. The van der Waals surface area contributed by atoms with E-state index in [-0.39, 0.29) is 24.8 Å². The van der Waals surface area contributed by atoms with E-state index in [4.69, 9.17) is 23.2 Å². The van der Waals surface area contributed by atoms with Gasteiger partial charge in [-0.05, 0) is 49.6 Å². The third-order valence-electron chi connectivity index (χ3n) is 4.73. The van der Waals surface area contributed by atoms with Crippen LogP contribution in [0.2, 0.25) is 10.0 Å². The number of rotatable bonds is 6. The fourth-order valence-electron chi connectivity index (χ4n) is 2.83. The molecule has 0 bridgehead atoms. The molecule has 1 atom stereocenters. The van der Waals surface area contributed by atoms with E-state index >= 15 is 0 Å². The second-order valence-electron chi connectivity index (χ2n) is 6.61. The predicted molar refractivity (Wildman–Crippen MR) is 110 cm³/mol. The summed E-state index contributed by atoms with van der Waals surface area (Å²) < 4.78 is 0. The Kier molecular flexibility index (Phi) is 7.28. The maximum atomic E-state index is 13.1. The standard InChI is InChI=1S/C21H24Cl2N2O2/c1-13-8-9-16(10-14(13)2)11-20(26)25(15(3)21(27)24-4)12-17-18(22)6-5-7-19(17)23/h5-10,15H,11-12H2,1-4H3,(H,24,27)/t15-/m0/s1. The number of likely N-dealkylation sites (N-methyl/N-ethyl adjacent to an activating group) is 1. The monoisotopic (exact) mass is 406 g/mol. The van der Waals surface area contributed by atoms with Crippen LogP contribution in [0.1, 0.15) is 29.2 Å². The first-order chi connectivity index (χ1) is 12.7. The molecule has 0 aromatic heterocycles. The molecule has 0 spiro atoms. The quantitative estimate of drug-likeness (QED) is 0.776. The molecule has 1 N–H and O–H groups in total. The molecular formula is C21H24Cl2N2O2. The molecule has 144 valence electrons. The normalized spacial score (nSPS) is 11.8. The van der Waals surface area contributed by atoms with Crippen molar-refractivity contribution in [3.63, 3.8) is 0 Å². The van der Waals surface area contributed by atoms with Gasteiger partial charge in [-0.1, -0.05) is 47.5 Å².